The Labute approximate surface area is 182 Å². The number of hydrogen-bond donors (Lipinski definition) is 1. The minimum atomic E-state index is -0.0635. The quantitative estimate of drug-likeness (QED) is 0.766. The van der Waals surface area contributed by atoms with Gasteiger partial charge in [0, 0.05) is 36.5 Å². The molecule has 7 nitrogen and oxygen atoms in total. The molecule has 2 aromatic rings. The second kappa shape index (κ2) is 8.57. The van der Waals surface area contributed by atoms with Gasteiger partial charge in [-0.15, -0.1) is 0 Å². The molecule has 7 heteroatoms. The molecule has 31 heavy (non-hydrogen) atoms. The molecule has 0 saturated carbocycles. The van der Waals surface area contributed by atoms with Crippen molar-refractivity contribution in [2.45, 2.75) is 51.5 Å². The number of carbonyl (C=O) groups is 1. The fraction of sp³-hybridized carbons (Fsp3) is 0.458. The second-order valence-corrected chi connectivity index (χ2v) is 8.44. The first-order valence-corrected chi connectivity index (χ1v) is 11.2. The highest BCUT2D eigenvalue weighted by molar-refractivity contribution is 5.92. The van der Waals surface area contributed by atoms with Gasteiger partial charge in [-0.3, -0.25) is 4.79 Å². The molecular formula is C24H28N4O3. The Morgan fingerprint density at radius 1 is 1.13 bits per heavy atom. The van der Waals surface area contributed by atoms with E-state index < -0.39 is 0 Å². The van der Waals surface area contributed by atoms with Crippen molar-refractivity contribution in [1.82, 2.24) is 15.3 Å². The number of nitrogens with zero attached hydrogens (tertiary/aromatic N) is 3. The molecule has 0 bridgehead atoms. The third-order valence-electron chi connectivity index (χ3n) is 6.24. The Morgan fingerprint density at radius 3 is 2.81 bits per heavy atom. The summed E-state index contributed by atoms with van der Waals surface area (Å²) in [5, 5.41) is 3.15. The van der Waals surface area contributed by atoms with Gasteiger partial charge in [-0.1, -0.05) is 6.07 Å². The van der Waals surface area contributed by atoms with Crippen molar-refractivity contribution in [2.24, 2.45) is 0 Å². The average Bonchev–Trinajstić information content (AvgIpc) is 3.25. The highest BCUT2D eigenvalue weighted by Crippen LogP contribution is 2.33. The van der Waals surface area contributed by atoms with E-state index in [0.29, 0.717) is 0 Å². The van der Waals surface area contributed by atoms with Gasteiger partial charge < -0.3 is 19.7 Å². The lowest BCUT2D eigenvalue weighted by atomic mass is 9.95. The third-order valence-corrected chi connectivity index (χ3v) is 6.24. The van der Waals surface area contributed by atoms with E-state index in [-0.39, 0.29) is 18.7 Å². The lowest BCUT2D eigenvalue weighted by Gasteiger charge is -2.35. The molecule has 0 atom stereocenters. The molecule has 1 fully saturated rings. The van der Waals surface area contributed by atoms with Gasteiger partial charge in [0.1, 0.15) is 11.6 Å². The molecule has 1 saturated heterocycles. The standard InChI is InChI=1S/C24H28N4O3/c1-16-25-20-5-3-2-4-19(20)24(26-16)28-12-10-18(11-13-28)27-23(29)9-7-17-6-8-21-22(14-17)31-15-30-21/h6-9,14,18H,2-5,10-13,15H2,1H3,(H,27,29)/b9-7+. The number of fused-ring (bicyclic) bond motifs is 2. The van der Waals surface area contributed by atoms with Crippen LogP contribution in [0, 0.1) is 6.92 Å². The Balaban J connectivity index is 1.17. The number of nitrogens with one attached hydrogen (secondary N) is 1. The predicted octanol–water partition coefficient (Wildman–Crippen LogP) is 3.19. The first-order valence-electron chi connectivity index (χ1n) is 11.2. The number of benzene rings is 1. The number of amides is 1. The Bertz CT molecular complexity index is 1010. The molecule has 1 N–H and O–H groups in total. The topological polar surface area (TPSA) is 76.6 Å². The first-order chi connectivity index (χ1) is 15.2. The Hall–Kier alpha value is -3.09. The molecule has 1 aromatic heterocycles. The van der Waals surface area contributed by atoms with Crippen LogP contribution in [0.2, 0.25) is 0 Å². The van der Waals surface area contributed by atoms with Crippen LogP contribution in [0.4, 0.5) is 5.82 Å². The summed E-state index contributed by atoms with van der Waals surface area (Å²) in [5.41, 5.74) is 3.49. The lowest BCUT2D eigenvalue weighted by molar-refractivity contribution is -0.117. The van der Waals surface area contributed by atoms with E-state index in [0.717, 1.165) is 67.5 Å². The van der Waals surface area contributed by atoms with Gasteiger partial charge in [0.05, 0.1) is 0 Å². The Morgan fingerprint density at radius 2 is 1.94 bits per heavy atom. The monoisotopic (exact) mass is 420 g/mol. The fourth-order valence-corrected chi connectivity index (χ4v) is 4.63. The van der Waals surface area contributed by atoms with Crippen molar-refractivity contribution in [3.05, 3.63) is 46.9 Å². The molecule has 0 spiro atoms. The summed E-state index contributed by atoms with van der Waals surface area (Å²) in [7, 11) is 0. The molecule has 1 aromatic carbocycles. The highest BCUT2D eigenvalue weighted by atomic mass is 16.7. The largest absolute Gasteiger partial charge is 0.454 e. The molecule has 1 amide bonds. The summed E-state index contributed by atoms with van der Waals surface area (Å²) in [5.74, 6) is 3.38. The maximum Gasteiger partial charge on any atom is 0.244 e. The molecule has 162 valence electrons. The van der Waals surface area contributed by atoms with Crippen molar-refractivity contribution in [3.8, 4) is 11.5 Å². The van der Waals surface area contributed by atoms with Gasteiger partial charge in [-0.25, -0.2) is 9.97 Å². The van der Waals surface area contributed by atoms with Crippen molar-refractivity contribution < 1.29 is 14.3 Å². The van der Waals surface area contributed by atoms with Crippen LogP contribution in [0.25, 0.3) is 6.08 Å². The lowest BCUT2D eigenvalue weighted by Crippen LogP contribution is -2.45. The maximum absolute atomic E-state index is 12.4. The van der Waals surface area contributed by atoms with Crippen LogP contribution in [0.15, 0.2) is 24.3 Å². The van der Waals surface area contributed by atoms with E-state index in [1.165, 1.54) is 24.1 Å². The van der Waals surface area contributed by atoms with Gasteiger partial charge in [-0.2, -0.15) is 0 Å². The predicted molar refractivity (Wildman–Crippen MR) is 118 cm³/mol. The van der Waals surface area contributed by atoms with Crippen molar-refractivity contribution in [2.75, 3.05) is 24.8 Å². The Kier molecular flexibility index (Phi) is 5.49. The van der Waals surface area contributed by atoms with Crippen molar-refractivity contribution in [3.63, 3.8) is 0 Å². The molecule has 0 unspecified atom stereocenters. The maximum atomic E-state index is 12.4. The van der Waals surface area contributed by atoms with E-state index in [1.807, 2.05) is 31.2 Å². The summed E-state index contributed by atoms with van der Waals surface area (Å²) in [6.45, 7) is 4.04. The number of piperidine rings is 1. The van der Waals surface area contributed by atoms with Crippen LogP contribution in [0.5, 0.6) is 11.5 Å². The van der Waals surface area contributed by atoms with Gasteiger partial charge in [0.2, 0.25) is 12.7 Å². The third kappa shape index (κ3) is 4.36. The summed E-state index contributed by atoms with van der Waals surface area (Å²) in [6, 6.07) is 5.85. The van der Waals surface area contributed by atoms with Gasteiger partial charge in [0.25, 0.3) is 0 Å². The molecule has 3 aliphatic rings. The van der Waals surface area contributed by atoms with Crippen LogP contribution >= 0.6 is 0 Å². The fourth-order valence-electron chi connectivity index (χ4n) is 4.63. The SMILES string of the molecule is Cc1nc2c(c(N3CCC(NC(=O)/C=C/c4ccc5c(c4)OCO5)CC3)n1)CCCC2. The smallest absolute Gasteiger partial charge is 0.244 e. The molecule has 5 rings (SSSR count). The zero-order chi connectivity index (χ0) is 21.2. The van der Waals surface area contributed by atoms with Crippen LogP contribution in [-0.4, -0.2) is 41.8 Å². The van der Waals surface area contributed by atoms with Crippen LogP contribution < -0.4 is 19.7 Å². The van der Waals surface area contributed by atoms with Crippen LogP contribution in [-0.2, 0) is 17.6 Å². The van der Waals surface area contributed by atoms with Gasteiger partial charge in [-0.05, 0) is 69.2 Å². The number of ether oxygens (including phenoxy) is 2. The van der Waals surface area contributed by atoms with Crippen molar-refractivity contribution >= 4 is 17.8 Å². The molecule has 3 heterocycles. The van der Waals surface area contributed by atoms with Crippen LogP contribution in [0.3, 0.4) is 0 Å². The normalized spacial score (nSPS) is 18.3. The van der Waals surface area contributed by atoms with E-state index in [4.69, 9.17) is 14.5 Å². The molecule has 2 aliphatic heterocycles. The molecular weight excluding hydrogens is 392 g/mol. The number of aryl methyl sites for hydroxylation is 2. The van der Waals surface area contributed by atoms with E-state index >= 15 is 0 Å². The van der Waals surface area contributed by atoms with Crippen LogP contribution in [0.1, 0.15) is 48.3 Å². The summed E-state index contributed by atoms with van der Waals surface area (Å²) < 4.78 is 10.7. The number of carbonyl (C=O) groups excluding carboxylic acids is 1. The minimum Gasteiger partial charge on any atom is -0.454 e. The summed E-state index contributed by atoms with van der Waals surface area (Å²) in [4.78, 5) is 24.2. The van der Waals surface area contributed by atoms with E-state index in [1.54, 1.807) is 6.08 Å². The summed E-state index contributed by atoms with van der Waals surface area (Å²) in [6.07, 6.45) is 9.81. The number of anilines is 1. The highest BCUT2D eigenvalue weighted by Gasteiger charge is 2.25. The first kappa shape index (κ1) is 19.8. The summed E-state index contributed by atoms with van der Waals surface area (Å²) >= 11 is 0. The zero-order valence-corrected chi connectivity index (χ0v) is 17.9. The van der Waals surface area contributed by atoms with Gasteiger partial charge >= 0.3 is 0 Å². The van der Waals surface area contributed by atoms with E-state index in [2.05, 4.69) is 15.2 Å². The average molecular weight is 421 g/mol. The zero-order valence-electron chi connectivity index (χ0n) is 17.9. The number of aromatic nitrogens is 2. The number of hydrogen-bond acceptors (Lipinski definition) is 6. The number of rotatable bonds is 4. The molecule has 1 aliphatic carbocycles. The molecule has 0 radical (unpaired) electrons. The second-order valence-electron chi connectivity index (χ2n) is 8.44. The van der Waals surface area contributed by atoms with Gasteiger partial charge in [0.15, 0.2) is 11.5 Å². The van der Waals surface area contributed by atoms with Crippen molar-refractivity contribution in [1.29, 1.82) is 0 Å². The van der Waals surface area contributed by atoms with E-state index in [9.17, 15) is 4.79 Å². The minimum absolute atomic E-state index is 0.0635.